The van der Waals surface area contributed by atoms with E-state index in [0.717, 1.165) is 24.2 Å². The van der Waals surface area contributed by atoms with E-state index in [1.807, 2.05) is 0 Å². The number of ether oxygens (including phenoxy) is 1. The van der Waals surface area contributed by atoms with Crippen LogP contribution in [0.4, 0.5) is 0 Å². The van der Waals surface area contributed by atoms with E-state index in [1.54, 1.807) is 0 Å². The number of carbonyl (C=O) groups is 1. The number of nitrogens with one attached hydrogen (secondary N) is 1. The first-order chi connectivity index (χ1) is 8.75. The summed E-state index contributed by atoms with van der Waals surface area (Å²) >= 11 is 0. The lowest BCUT2D eigenvalue weighted by Crippen LogP contribution is -2.28. The van der Waals surface area contributed by atoms with Crippen LogP contribution >= 0.6 is 0 Å². The van der Waals surface area contributed by atoms with Gasteiger partial charge in [-0.05, 0) is 19.4 Å². The Labute approximate surface area is 104 Å². The summed E-state index contributed by atoms with van der Waals surface area (Å²) in [6.07, 6.45) is 1.55. The minimum Gasteiger partial charge on any atom is -0.477 e. The lowest BCUT2D eigenvalue weighted by molar-refractivity contribution is 0.0687. The highest BCUT2D eigenvalue weighted by atomic mass is 16.5. The van der Waals surface area contributed by atoms with Crippen molar-refractivity contribution in [3.8, 4) is 0 Å². The topological polar surface area (TPSA) is 84.3 Å². The van der Waals surface area contributed by atoms with Crippen molar-refractivity contribution in [2.75, 3.05) is 19.8 Å². The molecule has 2 N–H and O–H groups in total. The molecule has 96 valence electrons. The molecular formula is C12H15N3O3. The van der Waals surface area contributed by atoms with Gasteiger partial charge < -0.3 is 15.2 Å². The van der Waals surface area contributed by atoms with E-state index in [1.165, 1.54) is 0 Å². The van der Waals surface area contributed by atoms with Crippen LogP contribution in [0.1, 0.15) is 39.9 Å². The Kier molecular flexibility index (Phi) is 2.97. The van der Waals surface area contributed by atoms with Gasteiger partial charge in [-0.25, -0.2) is 14.8 Å². The van der Waals surface area contributed by atoms with E-state index in [-0.39, 0.29) is 11.6 Å². The van der Waals surface area contributed by atoms with Gasteiger partial charge in [0.1, 0.15) is 5.82 Å². The largest absolute Gasteiger partial charge is 0.477 e. The zero-order valence-corrected chi connectivity index (χ0v) is 9.98. The Morgan fingerprint density at radius 2 is 2.33 bits per heavy atom. The summed E-state index contributed by atoms with van der Waals surface area (Å²) in [4.78, 5) is 20.1. The van der Waals surface area contributed by atoms with Crippen molar-refractivity contribution in [2.24, 2.45) is 0 Å². The average molecular weight is 249 g/mol. The van der Waals surface area contributed by atoms with Crippen molar-refractivity contribution in [1.29, 1.82) is 0 Å². The van der Waals surface area contributed by atoms with Crippen LogP contribution in [0.25, 0.3) is 0 Å². The molecule has 1 atom stereocenters. The van der Waals surface area contributed by atoms with Gasteiger partial charge in [-0.1, -0.05) is 0 Å². The van der Waals surface area contributed by atoms with Crippen molar-refractivity contribution < 1.29 is 14.6 Å². The van der Waals surface area contributed by atoms with E-state index in [4.69, 9.17) is 4.74 Å². The molecule has 0 spiro atoms. The van der Waals surface area contributed by atoms with Gasteiger partial charge in [0.15, 0.2) is 5.69 Å². The molecule has 2 aliphatic rings. The predicted molar refractivity (Wildman–Crippen MR) is 62.6 cm³/mol. The van der Waals surface area contributed by atoms with E-state index in [0.29, 0.717) is 32.0 Å². The minimum atomic E-state index is -0.962. The fourth-order valence-electron chi connectivity index (χ4n) is 2.48. The first-order valence-corrected chi connectivity index (χ1v) is 6.17. The van der Waals surface area contributed by atoms with Gasteiger partial charge in [0.05, 0.1) is 12.3 Å². The lowest BCUT2D eigenvalue weighted by Gasteiger charge is -2.19. The molecule has 6 heteroatoms. The van der Waals surface area contributed by atoms with Crippen LogP contribution in [-0.2, 0) is 17.7 Å². The maximum atomic E-state index is 11.3. The van der Waals surface area contributed by atoms with Gasteiger partial charge in [-0.3, -0.25) is 0 Å². The zero-order chi connectivity index (χ0) is 12.5. The maximum absolute atomic E-state index is 11.3. The molecule has 1 aromatic rings. The third-order valence-electron chi connectivity index (χ3n) is 3.45. The number of hydrogen-bond donors (Lipinski definition) is 2. The molecule has 0 bridgehead atoms. The zero-order valence-electron chi connectivity index (χ0n) is 9.98. The van der Waals surface area contributed by atoms with E-state index in [2.05, 4.69) is 15.3 Å². The second-order valence-electron chi connectivity index (χ2n) is 4.65. The van der Waals surface area contributed by atoms with Crippen LogP contribution in [0.2, 0.25) is 0 Å². The summed E-state index contributed by atoms with van der Waals surface area (Å²) in [6, 6.07) is 0. The summed E-state index contributed by atoms with van der Waals surface area (Å²) in [7, 11) is 0. The first-order valence-electron chi connectivity index (χ1n) is 6.17. The summed E-state index contributed by atoms with van der Waals surface area (Å²) in [6.45, 7) is 2.69. The lowest BCUT2D eigenvalue weighted by atomic mass is 10.0. The van der Waals surface area contributed by atoms with E-state index < -0.39 is 5.97 Å². The van der Waals surface area contributed by atoms with Crippen LogP contribution in [0.5, 0.6) is 0 Å². The molecular weight excluding hydrogens is 234 g/mol. The smallest absolute Gasteiger partial charge is 0.354 e. The summed E-state index contributed by atoms with van der Waals surface area (Å²) in [5, 5.41) is 12.5. The standard InChI is InChI=1S/C12H15N3O3/c16-12(17)10-8-1-3-13-5-9(8)14-11(15-10)7-2-4-18-6-7/h7,13H,1-6H2,(H,16,17). The van der Waals surface area contributed by atoms with Gasteiger partial charge in [-0.2, -0.15) is 0 Å². The van der Waals surface area contributed by atoms with Crippen LogP contribution in [0.15, 0.2) is 0 Å². The Hall–Kier alpha value is -1.53. The fourth-order valence-corrected chi connectivity index (χ4v) is 2.48. The Morgan fingerprint density at radius 3 is 3.06 bits per heavy atom. The van der Waals surface area contributed by atoms with E-state index >= 15 is 0 Å². The van der Waals surface area contributed by atoms with Crippen molar-refractivity contribution in [3.05, 3.63) is 22.8 Å². The molecule has 3 heterocycles. The normalized spacial score (nSPS) is 22.8. The van der Waals surface area contributed by atoms with Gasteiger partial charge in [0.25, 0.3) is 0 Å². The second kappa shape index (κ2) is 4.62. The number of aromatic carboxylic acids is 1. The van der Waals surface area contributed by atoms with Crippen LogP contribution in [0, 0.1) is 0 Å². The first kappa shape index (κ1) is 11.6. The Balaban J connectivity index is 2.05. The molecule has 1 saturated heterocycles. The van der Waals surface area contributed by atoms with Crippen LogP contribution in [0.3, 0.4) is 0 Å². The monoisotopic (exact) mass is 249 g/mol. The number of carboxylic acids is 1. The molecule has 2 aliphatic heterocycles. The summed E-state index contributed by atoms with van der Waals surface area (Å²) in [5.74, 6) is -0.210. The van der Waals surface area contributed by atoms with E-state index in [9.17, 15) is 9.90 Å². The number of nitrogens with zero attached hydrogens (tertiary/aromatic N) is 2. The quantitative estimate of drug-likeness (QED) is 0.785. The van der Waals surface area contributed by atoms with Crippen LogP contribution in [-0.4, -0.2) is 40.8 Å². The summed E-state index contributed by atoms with van der Waals surface area (Å²) in [5.41, 5.74) is 1.78. The molecule has 0 aromatic carbocycles. The molecule has 0 saturated carbocycles. The van der Waals surface area contributed by atoms with Crippen molar-refractivity contribution in [2.45, 2.75) is 25.3 Å². The second-order valence-corrected chi connectivity index (χ2v) is 4.65. The third kappa shape index (κ3) is 1.97. The number of carboxylic acid groups (broad SMARTS) is 1. The number of hydrogen-bond acceptors (Lipinski definition) is 5. The van der Waals surface area contributed by atoms with Gasteiger partial charge >= 0.3 is 5.97 Å². The van der Waals surface area contributed by atoms with Crippen molar-refractivity contribution >= 4 is 5.97 Å². The summed E-state index contributed by atoms with van der Waals surface area (Å²) < 4.78 is 5.31. The maximum Gasteiger partial charge on any atom is 0.354 e. The highest BCUT2D eigenvalue weighted by Gasteiger charge is 2.26. The van der Waals surface area contributed by atoms with Crippen molar-refractivity contribution in [3.63, 3.8) is 0 Å². The number of aromatic nitrogens is 2. The fraction of sp³-hybridized carbons (Fsp3) is 0.583. The number of fused-ring (bicyclic) bond motifs is 1. The Morgan fingerprint density at radius 1 is 1.44 bits per heavy atom. The molecule has 0 amide bonds. The van der Waals surface area contributed by atoms with Gasteiger partial charge in [0, 0.05) is 24.6 Å². The molecule has 3 rings (SSSR count). The van der Waals surface area contributed by atoms with Crippen molar-refractivity contribution in [1.82, 2.24) is 15.3 Å². The highest BCUT2D eigenvalue weighted by molar-refractivity contribution is 5.87. The predicted octanol–water partition coefficient (Wildman–Crippen LogP) is 0.324. The molecule has 6 nitrogen and oxygen atoms in total. The van der Waals surface area contributed by atoms with Crippen LogP contribution < -0.4 is 5.32 Å². The van der Waals surface area contributed by atoms with Gasteiger partial charge in [0.2, 0.25) is 0 Å². The minimum absolute atomic E-state index is 0.135. The van der Waals surface area contributed by atoms with Gasteiger partial charge in [-0.15, -0.1) is 0 Å². The molecule has 1 unspecified atom stereocenters. The molecule has 1 fully saturated rings. The highest BCUT2D eigenvalue weighted by Crippen LogP contribution is 2.25. The molecule has 18 heavy (non-hydrogen) atoms. The number of rotatable bonds is 2. The Bertz CT molecular complexity index is 484. The third-order valence-corrected chi connectivity index (χ3v) is 3.45. The average Bonchev–Trinajstić information content (AvgIpc) is 2.91. The molecule has 1 aromatic heterocycles. The molecule has 0 aliphatic carbocycles. The SMILES string of the molecule is O=C(O)c1nc(C2CCOC2)nc2c1CCNC2. The molecule has 0 radical (unpaired) electrons.